The van der Waals surface area contributed by atoms with Crippen LogP contribution in [-0.4, -0.2) is 14.7 Å². The van der Waals surface area contributed by atoms with E-state index in [1.807, 2.05) is 42.5 Å². The average molecular weight is 486 g/mol. The van der Waals surface area contributed by atoms with Crippen molar-refractivity contribution in [2.45, 2.75) is 52.4 Å². The summed E-state index contributed by atoms with van der Waals surface area (Å²) in [5, 5.41) is 0. The van der Waals surface area contributed by atoms with Crippen LogP contribution >= 0.6 is 17.2 Å². The number of hydrogen-bond donors (Lipinski definition) is 3. The smallest absolute Gasteiger partial charge is 0.401 e. The Morgan fingerprint density at radius 1 is 0.667 bits per heavy atom. The first-order valence-electron chi connectivity index (χ1n) is 10.7. The summed E-state index contributed by atoms with van der Waals surface area (Å²) in [6.07, 6.45) is 0. The summed E-state index contributed by atoms with van der Waals surface area (Å²) in [4.78, 5) is 28.4. The molecule has 0 bridgehead atoms. The van der Waals surface area contributed by atoms with Gasteiger partial charge in [-0.1, -0.05) is 96.1 Å². The Balaban J connectivity index is 2.22. The van der Waals surface area contributed by atoms with Gasteiger partial charge in [0.2, 0.25) is 0 Å². The Morgan fingerprint density at radius 3 is 1.91 bits per heavy atom. The summed E-state index contributed by atoms with van der Waals surface area (Å²) < 4.78 is 10.4. The van der Waals surface area contributed by atoms with Gasteiger partial charge in [-0.25, -0.2) is 4.31 Å². The largest absolute Gasteiger partial charge is 0.426 e. The molecule has 0 aliphatic rings. The van der Waals surface area contributed by atoms with E-state index in [2.05, 4.69) is 59.7 Å². The third-order valence-corrected chi connectivity index (χ3v) is 6.89. The molecule has 5 nitrogen and oxygen atoms in total. The molecule has 0 aliphatic heterocycles. The lowest BCUT2D eigenvalue weighted by Crippen LogP contribution is -2.17. The molecular weight excluding hydrogens is 454 g/mol. The molecule has 3 N–H and O–H groups in total. The van der Waals surface area contributed by atoms with Crippen LogP contribution in [0.25, 0.3) is 22.3 Å². The van der Waals surface area contributed by atoms with Crippen LogP contribution in [0.15, 0.2) is 66.7 Å². The fourth-order valence-corrected chi connectivity index (χ4v) is 4.62. The van der Waals surface area contributed by atoms with Crippen LogP contribution in [0.1, 0.15) is 52.7 Å². The average Bonchev–Trinajstić information content (AvgIpc) is 2.72. The maximum atomic E-state index is 10.1. The van der Waals surface area contributed by atoms with Crippen LogP contribution in [0.5, 0.6) is 5.75 Å². The van der Waals surface area contributed by atoms with Gasteiger partial charge in [0.15, 0.2) is 0 Å². The summed E-state index contributed by atoms with van der Waals surface area (Å²) in [7, 11) is -5.23. The fraction of sp³-hybridized carbons (Fsp3) is 0.308. The molecule has 3 aromatic carbocycles. The van der Waals surface area contributed by atoms with Crippen molar-refractivity contribution in [3.8, 4) is 28.0 Å². The van der Waals surface area contributed by atoms with Gasteiger partial charge in [-0.2, -0.15) is 0 Å². The number of hydrogen-bond acceptors (Lipinski definition) is 5. The molecule has 0 aromatic heterocycles. The molecule has 0 spiro atoms. The molecule has 0 radical (unpaired) electrons. The normalized spacial score (nSPS) is 13.3. The van der Waals surface area contributed by atoms with Gasteiger partial charge in [0.1, 0.15) is 5.75 Å². The molecule has 0 heterocycles. The van der Waals surface area contributed by atoms with Crippen molar-refractivity contribution in [1.29, 1.82) is 0 Å². The lowest BCUT2D eigenvalue weighted by molar-refractivity contribution is 0.329. The van der Waals surface area contributed by atoms with Crippen molar-refractivity contribution in [3.63, 3.8) is 0 Å². The van der Waals surface area contributed by atoms with E-state index in [1.165, 1.54) is 5.56 Å². The first-order chi connectivity index (χ1) is 15.4. The van der Waals surface area contributed by atoms with Gasteiger partial charge in [-0.05, 0) is 50.8 Å². The lowest BCUT2D eigenvalue weighted by Gasteiger charge is -2.28. The third kappa shape index (κ3) is 6.61. The SMILES string of the molecule is CC(C)(C)c1ccc(-c2cc(-c3ccccc3)ccc2OP(O)OP(O)O)c(C(C)(C)C)c1. The fourth-order valence-electron chi connectivity index (χ4n) is 3.66. The highest BCUT2D eigenvalue weighted by Gasteiger charge is 2.25. The van der Waals surface area contributed by atoms with Crippen molar-refractivity contribution < 1.29 is 23.5 Å². The number of rotatable bonds is 6. The van der Waals surface area contributed by atoms with Gasteiger partial charge < -0.3 is 19.2 Å². The lowest BCUT2D eigenvalue weighted by atomic mass is 9.77. The minimum absolute atomic E-state index is 0.00354. The Morgan fingerprint density at radius 2 is 1.33 bits per heavy atom. The van der Waals surface area contributed by atoms with Crippen molar-refractivity contribution in [2.75, 3.05) is 0 Å². The van der Waals surface area contributed by atoms with E-state index >= 15 is 0 Å². The van der Waals surface area contributed by atoms with E-state index in [9.17, 15) is 4.89 Å². The molecule has 7 heteroatoms. The van der Waals surface area contributed by atoms with Crippen molar-refractivity contribution in [2.24, 2.45) is 0 Å². The Labute approximate surface area is 199 Å². The quantitative estimate of drug-likeness (QED) is 0.316. The minimum atomic E-state index is -2.73. The van der Waals surface area contributed by atoms with Gasteiger partial charge in [0.25, 0.3) is 0 Å². The van der Waals surface area contributed by atoms with Crippen LogP contribution in [-0.2, 0) is 15.1 Å². The van der Waals surface area contributed by atoms with Crippen LogP contribution < -0.4 is 4.52 Å². The van der Waals surface area contributed by atoms with Crippen molar-refractivity contribution in [3.05, 3.63) is 77.9 Å². The van der Waals surface area contributed by atoms with Gasteiger partial charge in [-0.15, -0.1) is 0 Å². The van der Waals surface area contributed by atoms with E-state index in [-0.39, 0.29) is 10.8 Å². The van der Waals surface area contributed by atoms with E-state index in [1.54, 1.807) is 6.07 Å². The summed E-state index contributed by atoms with van der Waals surface area (Å²) in [6, 6.07) is 22.2. The topological polar surface area (TPSA) is 79.2 Å². The van der Waals surface area contributed by atoms with E-state index < -0.39 is 17.2 Å². The third-order valence-electron chi connectivity index (χ3n) is 5.39. The standard InChI is InChI=1S/C26H32O5P2/c1-25(2,3)20-13-14-21(23(17-20)26(4,5)6)22-16-19(18-10-8-7-9-11-18)12-15-24(22)30-33(29)31-32(27)28/h7-17,27-29H,1-6H3. The maximum Gasteiger partial charge on any atom is 0.401 e. The zero-order chi connectivity index (χ0) is 24.4. The molecular formula is C26H32O5P2. The molecule has 0 saturated heterocycles. The second-order valence-corrected chi connectivity index (χ2v) is 11.8. The first kappa shape index (κ1) is 25.8. The molecule has 3 aromatic rings. The van der Waals surface area contributed by atoms with Gasteiger partial charge >= 0.3 is 17.2 Å². The van der Waals surface area contributed by atoms with Crippen LogP contribution in [0.3, 0.4) is 0 Å². The number of benzene rings is 3. The molecule has 0 aliphatic carbocycles. The predicted molar refractivity (Wildman–Crippen MR) is 137 cm³/mol. The molecule has 33 heavy (non-hydrogen) atoms. The summed E-state index contributed by atoms with van der Waals surface area (Å²) in [6.45, 7) is 13.1. The Hall–Kier alpha value is -1.84. The second-order valence-electron chi connectivity index (χ2n) is 10.0. The maximum absolute atomic E-state index is 10.1. The van der Waals surface area contributed by atoms with Crippen LogP contribution in [0.4, 0.5) is 0 Å². The molecule has 1 atom stereocenters. The molecule has 0 saturated carbocycles. The zero-order valence-electron chi connectivity index (χ0n) is 19.9. The first-order valence-corrected chi connectivity index (χ1v) is 13.0. The van der Waals surface area contributed by atoms with Gasteiger partial charge in [-0.3, -0.25) is 0 Å². The van der Waals surface area contributed by atoms with Gasteiger partial charge in [0.05, 0.1) is 0 Å². The zero-order valence-corrected chi connectivity index (χ0v) is 21.7. The molecule has 0 fully saturated rings. The van der Waals surface area contributed by atoms with Crippen LogP contribution in [0.2, 0.25) is 0 Å². The minimum Gasteiger partial charge on any atom is -0.426 e. The highest BCUT2D eigenvalue weighted by Crippen LogP contribution is 2.50. The van der Waals surface area contributed by atoms with E-state index in [0.29, 0.717) is 5.75 Å². The molecule has 176 valence electrons. The van der Waals surface area contributed by atoms with Crippen LogP contribution in [0, 0.1) is 0 Å². The monoisotopic (exact) mass is 486 g/mol. The van der Waals surface area contributed by atoms with Crippen molar-refractivity contribution >= 4 is 17.2 Å². The predicted octanol–water partition coefficient (Wildman–Crippen LogP) is 7.44. The molecule has 0 amide bonds. The Kier molecular flexibility index (Phi) is 7.96. The second kappa shape index (κ2) is 10.2. The van der Waals surface area contributed by atoms with Crippen molar-refractivity contribution in [1.82, 2.24) is 0 Å². The summed E-state index contributed by atoms with van der Waals surface area (Å²) in [5.41, 5.74) is 6.08. The summed E-state index contributed by atoms with van der Waals surface area (Å²) >= 11 is 0. The van der Waals surface area contributed by atoms with E-state index in [0.717, 1.165) is 27.8 Å². The van der Waals surface area contributed by atoms with E-state index in [4.69, 9.17) is 18.6 Å². The summed E-state index contributed by atoms with van der Waals surface area (Å²) in [5.74, 6) is 0.411. The van der Waals surface area contributed by atoms with Gasteiger partial charge in [0, 0.05) is 5.56 Å². The highest BCUT2D eigenvalue weighted by atomic mass is 31.2. The molecule has 1 unspecified atom stereocenters. The highest BCUT2D eigenvalue weighted by molar-refractivity contribution is 7.54. The Bertz CT molecular complexity index is 1090. The molecule has 3 rings (SSSR count).